The van der Waals surface area contributed by atoms with E-state index in [4.69, 9.17) is 5.26 Å². The number of hydrogen-bond donors (Lipinski definition) is 0. The molecular formula is C15H14N2S. The second-order valence-corrected chi connectivity index (χ2v) is 5.16. The van der Waals surface area contributed by atoms with E-state index in [-0.39, 0.29) is 0 Å². The normalized spacial score (nSPS) is 10.1. The first kappa shape index (κ1) is 12.7. The van der Waals surface area contributed by atoms with E-state index < -0.39 is 0 Å². The van der Waals surface area contributed by atoms with Crippen LogP contribution in [0.3, 0.4) is 0 Å². The third-order valence-electron chi connectivity index (χ3n) is 2.69. The van der Waals surface area contributed by atoms with E-state index in [0.717, 1.165) is 16.3 Å². The van der Waals surface area contributed by atoms with Gasteiger partial charge in [0.25, 0.3) is 0 Å². The lowest BCUT2D eigenvalue weighted by atomic mass is 10.2. The van der Waals surface area contributed by atoms with E-state index in [1.165, 1.54) is 11.1 Å². The van der Waals surface area contributed by atoms with Crippen LogP contribution in [0.1, 0.15) is 22.3 Å². The number of nitriles is 1. The third-order valence-corrected chi connectivity index (χ3v) is 3.76. The summed E-state index contributed by atoms with van der Waals surface area (Å²) in [6, 6.07) is 12.5. The molecule has 2 nitrogen and oxygen atoms in total. The summed E-state index contributed by atoms with van der Waals surface area (Å²) in [6.07, 6.45) is 1.76. The number of nitrogens with zero attached hydrogens (tertiary/aromatic N) is 2. The van der Waals surface area contributed by atoms with Gasteiger partial charge in [0, 0.05) is 11.9 Å². The van der Waals surface area contributed by atoms with Crippen LogP contribution in [0.25, 0.3) is 0 Å². The Hall–Kier alpha value is -1.79. The van der Waals surface area contributed by atoms with E-state index in [1.54, 1.807) is 18.0 Å². The number of aromatic nitrogens is 1. The van der Waals surface area contributed by atoms with Crippen molar-refractivity contribution in [2.24, 2.45) is 0 Å². The Balaban J connectivity index is 2.16. The van der Waals surface area contributed by atoms with Gasteiger partial charge in [0.2, 0.25) is 0 Å². The summed E-state index contributed by atoms with van der Waals surface area (Å²) in [6.45, 7) is 4.02. The molecule has 0 N–H and O–H groups in total. The molecule has 0 bridgehead atoms. The van der Waals surface area contributed by atoms with Gasteiger partial charge in [0.1, 0.15) is 11.1 Å². The van der Waals surface area contributed by atoms with Crippen LogP contribution in [-0.4, -0.2) is 4.98 Å². The van der Waals surface area contributed by atoms with Gasteiger partial charge < -0.3 is 0 Å². The lowest BCUT2D eigenvalue weighted by molar-refractivity contribution is 1.08. The van der Waals surface area contributed by atoms with Crippen LogP contribution in [0.15, 0.2) is 41.6 Å². The molecule has 0 amide bonds. The van der Waals surface area contributed by atoms with Gasteiger partial charge in [0.05, 0.1) is 5.56 Å². The molecule has 1 aromatic carbocycles. The molecule has 0 aliphatic carbocycles. The van der Waals surface area contributed by atoms with Gasteiger partial charge in [-0.3, -0.25) is 0 Å². The molecule has 0 unspecified atom stereocenters. The Kier molecular flexibility index (Phi) is 4.01. The molecule has 2 rings (SSSR count). The zero-order valence-corrected chi connectivity index (χ0v) is 11.3. The number of thioether (sulfide) groups is 1. The Morgan fingerprint density at radius 3 is 2.83 bits per heavy atom. The van der Waals surface area contributed by atoms with Gasteiger partial charge in [-0.05, 0) is 31.0 Å². The topological polar surface area (TPSA) is 36.7 Å². The molecular weight excluding hydrogens is 240 g/mol. The zero-order chi connectivity index (χ0) is 13.0. The second kappa shape index (κ2) is 5.70. The molecule has 0 fully saturated rings. The summed E-state index contributed by atoms with van der Waals surface area (Å²) in [7, 11) is 0. The maximum Gasteiger partial charge on any atom is 0.114 e. The first-order valence-electron chi connectivity index (χ1n) is 5.75. The highest BCUT2D eigenvalue weighted by atomic mass is 32.2. The van der Waals surface area contributed by atoms with Crippen molar-refractivity contribution in [3.63, 3.8) is 0 Å². The predicted octanol–water partition coefficient (Wildman–Crippen LogP) is 3.86. The average molecular weight is 254 g/mol. The van der Waals surface area contributed by atoms with E-state index >= 15 is 0 Å². The Labute approximate surface area is 112 Å². The lowest BCUT2D eigenvalue weighted by Gasteiger charge is -2.05. The van der Waals surface area contributed by atoms with Crippen molar-refractivity contribution in [2.75, 3.05) is 0 Å². The summed E-state index contributed by atoms with van der Waals surface area (Å²) < 4.78 is 0. The molecule has 1 aromatic heterocycles. The molecule has 0 aliphatic heterocycles. The van der Waals surface area contributed by atoms with Crippen molar-refractivity contribution in [1.82, 2.24) is 4.98 Å². The monoisotopic (exact) mass is 254 g/mol. The van der Waals surface area contributed by atoms with E-state index in [1.807, 2.05) is 13.0 Å². The molecule has 0 saturated carbocycles. The Bertz CT molecular complexity index is 600. The van der Waals surface area contributed by atoms with Gasteiger partial charge in [-0.2, -0.15) is 5.26 Å². The summed E-state index contributed by atoms with van der Waals surface area (Å²) >= 11 is 1.61. The number of pyridine rings is 1. The fraction of sp³-hybridized carbons (Fsp3) is 0.200. The highest BCUT2D eigenvalue weighted by Gasteiger charge is 2.07. The molecule has 0 atom stereocenters. The highest BCUT2D eigenvalue weighted by Crippen LogP contribution is 2.25. The van der Waals surface area contributed by atoms with Gasteiger partial charge in [0.15, 0.2) is 0 Å². The fourth-order valence-corrected chi connectivity index (χ4v) is 2.70. The van der Waals surface area contributed by atoms with Crippen LogP contribution in [0.2, 0.25) is 0 Å². The largest absolute Gasteiger partial charge is 0.249 e. The van der Waals surface area contributed by atoms with Crippen molar-refractivity contribution in [3.05, 3.63) is 58.8 Å². The quantitative estimate of drug-likeness (QED) is 0.780. The molecule has 0 aliphatic rings. The second-order valence-electron chi connectivity index (χ2n) is 4.20. The van der Waals surface area contributed by atoms with E-state index in [2.05, 4.69) is 42.2 Å². The number of rotatable bonds is 3. The van der Waals surface area contributed by atoms with Gasteiger partial charge in [-0.15, -0.1) is 11.8 Å². The van der Waals surface area contributed by atoms with Gasteiger partial charge in [-0.1, -0.05) is 29.8 Å². The van der Waals surface area contributed by atoms with Crippen LogP contribution in [0.5, 0.6) is 0 Å². The van der Waals surface area contributed by atoms with Crippen LogP contribution >= 0.6 is 11.8 Å². The summed E-state index contributed by atoms with van der Waals surface area (Å²) in [5, 5.41) is 9.96. The standard InChI is InChI=1S/C15H14N2S/c1-11-4-3-5-13(8-11)10-18-15-14(9-16)12(2)6-7-17-15/h3-8H,10H2,1-2H3. The smallest absolute Gasteiger partial charge is 0.114 e. The van der Waals surface area contributed by atoms with Crippen molar-refractivity contribution in [3.8, 4) is 6.07 Å². The first-order chi connectivity index (χ1) is 8.70. The number of aryl methyl sites for hydroxylation is 2. The summed E-state index contributed by atoms with van der Waals surface area (Å²) in [5.74, 6) is 0.840. The molecule has 1 heterocycles. The van der Waals surface area contributed by atoms with E-state index in [9.17, 15) is 0 Å². The van der Waals surface area contributed by atoms with Crippen molar-refractivity contribution < 1.29 is 0 Å². The van der Waals surface area contributed by atoms with Gasteiger partial charge in [-0.25, -0.2) is 4.98 Å². The fourth-order valence-electron chi connectivity index (χ4n) is 1.73. The molecule has 0 saturated heterocycles. The minimum absolute atomic E-state index is 0.690. The van der Waals surface area contributed by atoms with Gasteiger partial charge >= 0.3 is 0 Å². The molecule has 18 heavy (non-hydrogen) atoms. The highest BCUT2D eigenvalue weighted by molar-refractivity contribution is 7.98. The zero-order valence-electron chi connectivity index (χ0n) is 10.5. The molecule has 0 spiro atoms. The molecule has 90 valence electrons. The average Bonchev–Trinajstić information content (AvgIpc) is 2.36. The summed E-state index contributed by atoms with van der Waals surface area (Å²) in [5.41, 5.74) is 4.19. The third kappa shape index (κ3) is 2.91. The first-order valence-corrected chi connectivity index (χ1v) is 6.73. The van der Waals surface area contributed by atoms with Crippen LogP contribution in [0.4, 0.5) is 0 Å². The number of benzene rings is 1. The minimum atomic E-state index is 0.690. The van der Waals surface area contributed by atoms with Crippen molar-refractivity contribution in [2.45, 2.75) is 24.6 Å². The lowest BCUT2D eigenvalue weighted by Crippen LogP contribution is -1.91. The van der Waals surface area contributed by atoms with Crippen molar-refractivity contribution >= 4 is 11.8 Å². The van der Waals surface area contributed by atoms with Crippen LogP contribution in [0, 0.1) is 25.2 Å². The maximum absolute atomic E-state index is 9.14. The Morgan fingerprint density at radius 1 is 1.28 bits per heavy atom. The SMILES string of the molecule is Cc1cccc(CSc2nccc(C)c2C#N)c1. The molecule has 0 radical (unpaired) electrons. The summed E-state index contributed by atoms with van der Waals surface area (Å²) in [4.78, 5) is 4.29. The Morgan fingerprint density at radius 2 is 2.11 bits per heavy atom. The molecule has 3 heteroatoms. The number of hydrogen-bond acceptors (Lipinski definition) is 3. The predicted molar refractivity (Wildman–Crippen MR) is 74.4 cm³/mol. The molecule has 2 aromatic rings. The van der Waals surface area contributed by atoms with Crippen LogP contribution < -0.4 is 0 Å². The van der Waals surface area contributed by atoms with Crippen molar-refractivity contribution in [1.29, 1.82) is 5.26 Å². The van der Waals surface area contributed by atoms with Crippen LogP contribution in [-0.2, 0) is 5.75 Å². The maximum atomic E-state index is 9.14. The van der Waals surface area contributed by atoms with E-state index in [0.29, 0.717) is 5.56 Å². The minimum Gasteiger partial charge on any atom is -0.249 e.